The molecule has 25 heavy (non-hydrogen) atoms. The Morgan fingerprint density at radius 2 is 2.28 bits per heavy atom. The summed E-state index contributed by atoms with van der Waals surface area (Å²) in [5.74, 6) is -0.685. The molecule has 0 bridgehead atoms. The summed E-state index contributed by atoms with van der Waals surface area (Å²) in [7, 11) is 0. The molecule has 2 aliphatic rings. The molecule has 2 N–H and O–H groups in total. The first-order valence-corrected chi connectivity index (χ1v) is 8.16. The summed E-state index contributed by atoms with van der Waals surface area (Å²) in [6.07, 6.45) is 1.58. The van der Waals surface area contributed by atoms with E-state index in [-0.39, 0.29) is 24.2 Å². The number of rotatable bonds is 5. The number of amides is 3. The van der Waals surface area contributed by atoms with Crippen LogP contribution in [0.15, 0.2) is 10.8 Å². The summed E-state index contributed by atoms with van der Waals surface area (Å²) in [4.78, 5) is 39.5. The fourth-order valence-electron chi connectivity index (χ4n) is 3.61. The van der Waals surface area contributed by atoms with E-state index in [1.54, 1.807) is 4.90 Å². The van der Waals surface area contributed by atoms with Crippen LogP contribution in [0.4, 0.5) is 0 Å². The molecule has 0 saturated carbocycles. The highest BCUT2D eigenvalue weighted by molar-refractivity contribution is 5.99. The first-order chi connectivity index (χ1) is 11.8. The highest BCUT2D eigenvalue weighted by atomic mass is 16.4. The number of aromatic nitrogens is 2. The molecular weight excluding hydrogens is 330 g/mol. The van der Waals surface area contributed by atoms with Gasteiger partial charge in [0, 0.05) is 13.5 Å². The highest BCUT2D eigenvalue weighted by Crippen LogP contribution is 2.38. The summed E-state index contributed by atoms with van der Waals surface area (Å²) in [6.45, 7) is 3.71. The van der Waals surface area contributed by atoms with Crippen molar-refractivity contribution in [2.24, 2.45) is 0 Å². The summed E-state index contributed by atoms with van der Waals surface area (Å²) < 4.78 is 5.02. The largest absolute Gasteiger partial charge is 0.426 e. The third-order valence-corrected chi connectivity index (χ3v) is 4.78. The molecule has 10 heteroatoms. The second kappa shape index (κ2) is 6.43. The van der Waals surface area contributed by atoms with E-state index in [4.69, 9.17) is 4.42 Å². The van der Waals surface area contributed by atoms with Crippen molar-refractivity contribution in [1.82, 2.24) is 25.3 Å². The number of β-lactam (4-membered cyclic amide) rings is 1. The lowest BCUT2D eigenvalue weighted by Crippen LogP contribution is -2.73. The second-order valence-corrected chi connectivity index (χ2v) is 6.53. The molecule has 0 aliphatic carbocycles. The molecule has 0 radical (unpaired) electrons. The second-order valence-electron chi connectivity index (χ2n) is 6.53. The first-order valence-electron chi connectivity index (χ1n) is 8.16. The van der Waals surface area contributed by atoms with Gasteiger partial charge in [-0.3, -0.25) is 14.4 Å². The van der Waals surface area contributed by atoms with Crippen LogP contribution >= 0.6 is 0 Å². The summed E-state index contributed by atoms with van der Waals surface area (Å²) in [6, 6.07) is -0.847. The van der Waals surface area contributed by atoms with Gasteiger partial charge in [-0.2, -0.15) is 0 Å². The van der Waals surface area contributed by atoms with Crippen LogP contribution in [0.5, 0.6) is 0 Å². The van der Waals surface area contributed by atoms with Crippen molar-refractivity contribution in [2.75, 3.05) is 19.6 Å². The lowest BCUT2D eigenvalue weighted by molar-refractivity contribution is -0.168. The molecule has 10 nitrogen and oxygen atoms in total. The number of carbonyl (C=O) groups excluding carboxylic acids is 3. The molecule has 1 unspecified atom stereocenters. The summed E-state index contributed by atoms with van der Waals surface area (Å²) >= 11 is 0. The van der Waals surface area contributed by atoms with E-state index in [2.05, 4.69) is 15.5 Å². The first kappa shape index (κ1) is 17.3. The van der Waals surface area contributed by atoms with Crippen molar-refractivity contribution in [2.45, 2.75) is 44.4 Å². The number of hydrogen-bond donors (Lipinski definition) is 2. The van der Waals surface area contributed by atoms with E-state index in [1.807, 2.05) is 0 Å². The molecule has 3 atom stereocenters. The Bertz CT molecular complexity index is 676. The average Bonchev–Trinajstić information content (AvgIpc) is 3.22. The van der Waals surface area contributed by atoms with E-state index in [0.29, 0.717) is 19.5 Å². The lowest BCUT2D eigenvalue weighted by Gasteiger charge is -2.50. The zero-order valence-electron chi connectivity index (χ0n) is 14.1. The number of carbonyl (C=O) groups is 3. The molecule has 2 saturated heterocycles. The quantitative estimate of drug-likeness (QED) is 0.640. The molecule has 2 aliphatic heterocycles. The van der Waals surface area contributed by atoms with Gasteiger partial charge in [0.1, 0.15) is 11.6 Å². The van der Waals surface area contributed by atoms with Gasteiger partial charge >= 0.3 is 0 Å². The molecule has 2 fully saturated rings. The van der Waals surface area contributed by atoms with Crippen LogP contribution in [0.3, 0.4) is 0 Å². The zero-order valence-corrected chi connectivity index (χ0v) is 14.1. The van der Waals surface area contributed by atoms with E-state index < -0.39 is 23.6 Å². The van der Waals surface area contributed by atoms with E-state index in [9.17, 15) is 19.5 Å². The van der Waals surface area contributed by atoms with Crippen LogP contribution < -0.4 is 5.32 Å². The topological polar surface area (TPSA) is 129 Å². The van der Waals surface area contributed by atoms with Crippen molar-refractivity contribution in [3.63, 3.8) is 0 Å². The van der Waals surface area contributed by atoms with Crippen LogP contribution in [0.25, 0.3) is 0 Å². The van der Waals surface area contributed by atoms with Crippen LogP contribution in [0.2, 0.25) is 0 Å². The average molecular weight is 351 g/mol. The Morgan fingerprint density at radius 1 is 1.52 bits per heavy atom. The molecule has 136 valence electrons. The fraction of sp³-hybridized carbons (Fsp3) is 0.667. The Balaban J connectivity index is 1.60. The Hall–Kier alpha value is -2.49. The molecule has 3 heterocycles. The SMILES string of the molecule is CC(=O)N1CCCC12CN(CC(=O)N[C@H](c1nnco1)[C@@H](C)O)C2=O. The van der Waals surface area contributed by atoms with Gasteiger partial charge in [-0.05, 0) is 19.8 Å². The number of aliphatic hydroxyl groups is 1. The fourth-order valence-corrected chi connectivity index (χ4v) is 3.61. The van der Waals surface area contributed by atoms with Crippen molar-refractivity contribution in [3.05, 3.63) is 12.3 Å². The Kier molecular flexibility index (Phi) is 4.46. The molecule has 1 aromatic heterocycles. The van der Waals surface area contributed by atoms with Gasteiger partial charge in [-0.1, -0.05) is 0 Å². The van der Waals surface area contributed by atoms with Gasteiger partial charge < -0.3 is 24.6 Å². The number of nitrogens with zero attached hydrogens (tertiary/aromatic N) is 4. The van der Waals surface area contributed by atoms with E-state index in [1.165, 1.54) is 18.7 Å². The predicted octanol–water partition coefficient (Wildman–Crippen LogP) is -1.17. The third-order valence-electron chi connectivity index (χ3n) is 4.78. The molecule has 3 amide bonds. The molecule has 0 aromatic carbocycles. The number of likely N-dealkylation sites (tertiary alicyclic amines) is 2. The summed E-state index contributed by atoms with van der Waals surface area (Å²) in [5.41, 5.74) is -0.776. The highest BCUT2D eigenvalue weighted by Gasteiger charge is 2.59. The maximum absolute atomic E-state index is 12.5. The van der Waals surface area contributed by atoms with Crippen LogP contribution in [-0.2, 0) is 14.4 Å². The zero-order chi connectivity index (χ0) is 18.2. The minimum atomic E-state index is -0.939. The van der Waals surface area contributed by atoms with Gasteiger partial charge in [-0.15, -0.1) is 10.2 Å². The van der Waals surface area contributed by atoms with E-state index in [0.717, 1.165) is 12.8 Å². The van der Waals surface area contributed by atoms with Gasteiger partial charge in [0.15, 0.2) is 0 Å². The van der Waals surface area contributed by atoms with E-state index >= 15 is 0 Å². The monoisotopic (exact) mass is 351 g/mol. The Labute approximate surface area is 144 Å². The summed E-state index contributed by atoms with van der Waals surface area (Å²) in [5, 5.41) is 19.6. The molecule has 1 spiro atoms. The van der Waals surface area contributed by atoms with Crippen molar-refractivity contribution < 1.29 is 23.9 Å². The number of nitrogens with one attached hydrogen (secondary N) is 1. The predicted molar refractivity (Wildman–Crippen MR) is 82.8 cm³/mol. The van der Waals surface area contributed by atoms with Crippen molar-refractivity contribution in [1.29, 1.82) is 0 Å². The number of hydrogen-bond acceptors (Lipinski definition) is 7. The molecular formula is C15H21N5O5. The van der Waals surface area contributed by atoms with Crippen molar-refractivity contribution >= 4 is 17.7 Å². The van der Waals surface area contributed by atoms with Crippen LogP contribution in [0.1, 0.15) is 38.6 Å². The molecule has 3 rings (SSSR count). The number of aliphatic hydroxyl groups excluding tert-OH is 1. The third kappa shape index (κ3) is 2.97. The normalized spacial score (nSPS) is 25.0. The minimum absolute atomic E-state index is 0.0910. The maximum Gasteiger partial charge on any atom is 0.250 e. The van der Waals surface area contributed by atoms with Crippen LogP contribution in [0, 0.1) is 0 Å². The van der Waals surface area contributed by atoms with Gasteiger partial charge in [0.25, 0.3) is 5.91 Å². The lowest BCUT2D eigenvalue weighted by atomic mass is 9.85. The van der Waals surface area contributed by atoms with Gasteiger partial charge in [-0.25, -0.2) is 0 Å². The van der Waals surface area contributed by atoms with Crippen LogP contribution in [-0.4, -0.2) is 74.1 Å². The maximum atomic E-state index is 12.5. The Morgan fingerprint density at radius 3 is 2.84 bits per heavy atom. The standard InChI is InChI=1S/C15H21N5O5/c1-9(21)12(13-18-16-8-25-13)17-11(23)6-19-7-15(14(19)24)4-3-5-20(15)10(2)22/h8-9,12,21H,3-7H2,1-2H3,(H,17,23)/t9-,12+,15?/m1/s1. The van der Waals surface area contributed by atoms with Crippen molar-refractivity contribution in [3.8, 4) is 0 Å². The minimum Gasteiger partial charge on any atom is -0.426 e. The molecule has 1 aromatic rings. The smallest absolute Gasteiger partial charge is 0.250 e. The van der Waals surface area contributed by atoms with Gasteiger partial charge in [0.05, 0.1) is 19.2 Å². The van der Waals surface area contributed by atoms with Gasteiger partial charge in [0.2, 0.25) is 24.1 Å².